The summed E-state index contributed by atoms with van der Waals surface area (Å²) in [7, 11) is 1.83. The Morgan fingerprint density at radius 2 is 2.26 bits per heavy atom. The van der Waals surface area contributed by atoms with Crippen molar-refractivity contribution in [1.82, 2.24) is 15.1 Å². The van der Waals surface area contributed by atoms with Crippen LogP contribution >= 0.6 is 11.3 Å². The summed E-state index contributed by atoms with van der Waals surface area (Å²) >= 11 is 1.54. The van der Waals surface area contributed by atoms with Crippen LogP contribution in [0.5, 0.6) is 0 Å². The van der Waals surface area contributed by atoms with Gasteiger partial charge in [0.25, 0.3) is 5.91 Å². The van der Waals surface area contributed by atoms with E-state index in [1.165, 1.54) is 0 Å². The Morgan fingerprint density at radius 1 is 1.39 bits per heavy atom. The highest BCUT2D eigenvalue weighted by molar-refractivity contribution is 7.12. The number of hydrogen-bond acceptors (Lipinski definition) is 5. The molecule has 1 unspecified atom stereocenters. The van der Waals surface area contributed by atoms with Crippen molar-refractivity contribution < 1.29 is 4.79 Å². The van der Waals surface area contributed by atoms with Crippen LogP contribution in [0.3, 0.4) is 0 Å². The van der Waals surface area contributed by atoms with E-state index in [0.29, 0.717) is 5.92 Å². The average molecular weight is 330 g/mol. The highest BCUT2D eigenvalue weighted by Gasteiger charge is 2.26. The molecule has 1 atom stereocenters. The minimum Gasteiger partial charge on any atom is -0.372 e. The number of carbonyl (C=O) groups is 1. The van der Waals surface area contributed by atoms with E-state index in [0.717, 1.165) is 54.3 Å². The minimum absolute atomic E-state index is 0.179. The quantitative estimate of drug-likeness (QED) is 0.936. The second kappa shape index (κ2) is 7.08. The molecule has 122 valence electrons. The number of nitrogens with zero attached hydrogens (tertiary/aromatic N) is 3. The number of amides is 1. The first-order valence-electron chi connectivity index (χ1n) is 8.01. The van der Waals surface area contributed by atoms with Crippen LogP contribution in [-0.2, 0) is 6.42 Å². The molecule has 2 aromatic rings. The number of aryl methyl sites for hydroxylation is 1. The second-order valence-electron chi connectivity index (χ2n) is 6.06. The van der Waals surface area contributed by atoms with Gasteiger partial charge in [-0.15, -0.1) is 16.4 Å². The van der Waals surface area contributed by atoms with Gasteiger partial charge in [-0.3, -0.25) is 4.79 Å². The largest absolute Gasteiger partial charge is 0.372 e. The van der Waals surface area contributed by atoms with Crippen molar-refractivity contribution in [2.24, 2.45) is 5.92 Å². The number of hydrogen-bond donors (Lipinski definition) is 1. The molecular weight excluding hydrogens is 308 g/mol. The van der Waals surface area contributed by atoms with E-state index in [1.54, 1.807) is 11.3 Å². The lowest BCUT2D eigenvalue weighted by Gasteiger charge is -2.32. The van der Waals surface area contributed by atoms with Gasteiger partial charge < -0.3 is 10.2 Å². The Hall–Kier alpha value is -1.95. The van der Waals surface area contributed by atoms with Crippen LogP contribution in [0.25, 0.3) is 0 Å². The van der Waals surface area contributed by atoms with Gasteiger partial charge in [0.15, 0.2) is 0 Å². The van der Waals surface area contributed by atoms with Gasteiger partial charge in [-0.2, -0.15) is 5.10 Å². The molecule has 5 nitrogen and oxygen atoms in total. The van der Waals surface area contributed by atoms with Gasteiger partial charge in [0.2, 0.25) is 0 Å². The zero-order valence-electron chi connectivity index (χ0n) is 13.6. The maximum absolute atomic E-state index is 12.7. The number of likely N-dealkylation sites (tertiary alicyclic amines) is 1. The predicted molar refractivity (Wildman–Crippen MR) is 93.0 cm³/mol. The summed E-state index contributed by atoms with van der Waals surface area (Å²) in [5.74, 6) is 1.42. The number of anilines is 1. The fourth-order valence-corrected chi connectivity index (χ4v) is 3.94. The number of carbonyl (C=O) groups excluding carboxylic acids is 1. The van der Waals surface area contributed by atoms with Crippen LogP contribution in [0, 0.1) is 12.8 Å². The van der Waals surface area contributed by atoms with Crippen molar-refractivity contribution in [3.05, 3.63) is 39.7 Å². The summed E-state index contributed by atoms with van der Waals surface area (Å²) < 4.78 is 0. The molecule has 0 saturated carbocycles. The predicted octanol–water partition coefficient (Wildman–Crippen LogP) is 2.98. The van der Waals surface area contributed by atoms with Crippen LogP contribution in [0.15, 0.2) is 23.6 Å². The van der Waals surface area contributed by atoms with Gasteiger partial charge in [-0.1, -0.05) is 0 Å². The van der Waals surface area contributed by atoms with Gasteiger partial charge >= 0.3 is 0 Å². The topological polar surface area (TPSA) is 58.1 Å². The molecule has 3 rings (SSSR count). The highest BCUT2D eigenvalue weighted by atomic mass is 32.1. The third kappa shape index (κ3) is 3.69. The lowest BCUT2D eigenvalue weighted by molar-refractivity contribution is 0.0677. The Bertz CT molecular complexity index is 667. The first-order valence-corrected chi connectivity index (χ1v) is 8.89. The van der Waals surface area contributed by atoms with E-state index >= 15 is 0 Å². The molecule has 6 heteroatoms. The van der Waals surface area contributed by atoms with E-state index in [1.807, 2.05) is 42.5 Å². The smallest absolute Gasteiger partial charge is 0.264 e. The summed E-state index contributed by atoms with van der Waals surface area (Å²) in [5, 5.41) is 13.4. The number of aromatic nitrogens is 2. The van der Waals surface area contributed by atoms with E-state index in [2.05, 4.69) is 15.5 Å². The summed E-state index contributed by atoms with van der Waals surface area (Å²) in [4.78, 5) is 15.5. The van der Waals surface area contributed by atoms with Crippen LogP contribution in [0.4, 0.5) is 5.82 Å². The number of nitrogens with one attached hydrogen (secondary N) is 1. The summed E-state index contributed by atoms with van der Waals surface area (Å²) in [6.45, 7) is 3.67. The third-order valence-corrected chi connectivity index (χ3v) is 5.34. The molecule has 0 radical (unpaired) electrons. The van der Waals surface area contributed by atoms with Crippen molar-refractivity contribution >= 4 is 23.1 Å². The molecule has 1 amide bonds. The fraction of sp³-hybridized carbons (Fsp3) is 0.471. The minimum atomic E-state index is 0.179. The number of thiophene rings is 1. The monoisotopic (exact) mass is 330 g/mol. The molecule has 23 heavy (non-hydrogen) atoms. The normalized spacial score (nSPS) is 18.0. The maximum atomic E-state index is 12.7. The Labute approximate surface area is 140 Å². The third-order valence-electron chi connectivity index (χ3n) is 4.34. The van der Waals surface area contributed by atoms with Crippen LogP contribution in [0.2, 0.25) is 0 Å². The maximum Gasteiger partial charge on any atom is 0.264 e. The first-order chi connectivity index (χ1) is 11.2. The van der Waals surface area contributed by atoms with E-state index < -0.39 is 0 Å². The van der Waals surface area contributed by atoms with Gasteiger partial charge in [-0.25, -0.2) is 0 Å². The van der Waals surface area contributed by atoms with E-state index in [-0.39, 0.29) is 5.91 Å². The SMILES string of the molecule is CNc1ccc(CC2CCCN(C(=O)c3sccc3C)C2)nn1. The second-order valence-corrected chi connectivity index (χ2v) is 6.97. The van der Waals surface area contributed by atoms with Crippen molar-refractivity contribution in [3.63, 3.8) is 0 Å². The molecule has 2 aromatic heterocycles. The molecular formula is C17H22N4OS. The van der Waals surface area contributed by atoms with Gasteiger partial charge in [0.1, 0.15) is 5.82 Å². The zero-order chi connectivity index (χ0) is 16.2. The summed E-state index contributed by atoms with van der Waals surface area (Å²) in [6.07, 6.45) is 3.08. The lowest BCUT2D eigenvalue weighted by atomic mass is 9.93. The molecule has 0 spiro atoms. The Kier molecular flexibility index (Phi) is 4.91. The molecule has 3 heterocycles. The van der Waals surface area contributed by atoms with Gasteiger partial charge in [0, 0.05) is 20.1 Å². The Morgan fingerprint density at radius 3 is 2.91 bits per heavy atom. The zero-order valence-corrected chi connectivity index (χ0v) is 14.4. The van der Waals surface area contributed by atoms with E-state index in [4.69, 9.17) is 0 Å². The molecule has 1 aliphatic heterocycles. The van der Waals surface area contributed by atoms with Gasteiger partial charge in [0.05, 0.1) is 10.6 Å². The lowest BCUT2D eigenvalue weighted by Crippen LogP contribution is -2.40. The van der Waals surface area contributed by atoms with Gasteiger partial charge in [-0.05, 0) is 61.2 Å². The van der Waals surface area contributed by atoms with Crippen molar-refractivity contribution in [2.75, 3.05) is 25.5 Å². The number of piperidine rings is 1. The van der Waals surface area contributed by atoms with Crippen molar-refractivity contribution in [3.8, 4) is 0 Å². The van der Waals surface area contributed by atoms with Crippen molar-refractivity contribution in [1.29, 1.82) is 0 Å². The molecule has 0 bridgehead atoms. The highest BCUT2D eigenvalue weighted by Crippen LogP contribution is 2.24. The van der Waals surface area contributed by atoms with Crippen LogP contribution in [0.1, 0.15) is 33.8 Å². The first kappa shape index (κ1) is 15.9. The van der Waals surface area contributed by atoms with E-state index in [9.17, 15) is 4.79 Å². The van der Waals surface area contributed by atoms with Crippen LogP contribution in [-0.4, -0.2) is 41.1 Å². The standard InChI is InChI=1S/C17H22N4OS/c1-12-7-9-23-16(12)17(22)21-8-3-4-13(11-21)10-14-5-6-15(18-2)20-19-14/h5-7,9,13H,3-4,8,10-11H2,1-2H3,(H,18,20). The van der Waals surface area contributed by atoms with Crippen LogP contribution < -0.4 is 5.32 Å². The molecule has 0 aromatic carbocycles. The fourth-order valence-electron chi connectivity index (χ4n) is 3.05. The van der Waals surface area contributed by atoms with Crippen molar-refractivity contribution in [2.45, 2.75) is 26.2 Å². The molecule has 0 aliphatic carbocycles. The Balaban J connectivity index is 1.63. The number of rotatable bonds is 4. The summed E-state index contributed by atoms with van der Waals surface area (Å²) in [6, 6.07) is 5.98. The molecule has 1 fully saturated rings. The molecule has 1 N–H and O–H groups in total. The molecule has 1 saturated heterocycles. The summed E-state index contributed by atoms with van der Waals surface area (Å²) in [5.41, 5.74) is 2.08. The molecule has 1 aliphatic rings. The average Bonchev–Trinajstić information content (AvgIpc) is 3.01.